The third-order valence-electron chi connectivity index (χ3n) is 2.05. The van der Waals surface area contributed by atoms with Crippen molar-refractivity contribution in [1.82, 2.24) is 10.6 Å². The van der Waals surface area contributed by atoms with E-state index in [1.807, 2.05) is 6.26 Å². The van der Waals surface area contributed by atoms with Crippen LogP contribution in [0.1, 0.15) is 13.8 Å². The molecule has 5 nitrogen and oxygen atoms in total. The Morgan fingerprint density at radius 2 is 2.00 bits per heavy atom. The second-order valence-corrected chi connectivity index (χ2v) is 4.76. The lowest BCUT2D eigenvalue weighted by molar-refractivity contribution is -0.144. The predicted molar refractivity (Wildman–Crippen MR) is 65.5 cm³/mol. The molecule has 1 amide bonds. The molecule has 2 unspecified atom stereocenters. The van der Waals surface area contributed by atoms with Gasteiger partial charge in [-0.15, -0.1) is 0 Å². The van der Waals surface area contributed by atoms with Crippen LogP contribution in [-0.2, 0) is 14.3 Å². The molecule has 2 N–H and O–H groups in total. The van der Waals surface area contributed by atoms with Crippen LogP contribution in [0.25, 0.3) is 0 Å². The molecule has 0 spiro atoms. The van der Waals surface area contributed by atoms with E-state index in [1.165, 1.54) is 14.0 Å². The second-order valence-electron chi connectivity index (χ2n) is 3.48. The van der Waals surface area contributed by atoms with Crippen molar-refractivity contribution in [2.45, 2.75) is 25.1 Å². The first-order valence-electron chi connectivity index (χ1n) is 5.09. The van der Waals surface area contributed by atoms with E-state index in [-0.39, 0.29) is 5.91 Å². The van der Waals surface area contributed by atoms with Crippen LogP contribution in [0.3, 0.4) is 0 Å². The van der Waals surface area contributed by atoms with Gasteiger partial charge in [-0.05, 0) is 6.26 Å². The molecule has 0 rings (SSSR count). The van der Waals surface area contributed by atoms with Gasteiger partial charge in [0.05, 0.1) is 7.11 Å². The molecule has 0 aromatic heterocycles. The van der Waals surface area contributed by atoms with Gasteiger partial charge in [0.25, 0.3) is 0 Å². The van der Waals surface area contributed by atoms with Gasteiger partial charge in [-0.2, -0.15) is 11.8 Å². The van der Waals surface area contributed by atoms with Gasteiger partial charge in [0.1, 0.15) is 6.04 Å². The monoisotopic (exact) mass is 248 g/mol. The molecule has 0 saturated heterocycles. The molecule has 0 aromatic rings. The van der Waals surface area contributed by atoms with Gasteiger partial charge < -0.3 is 15.4 Å². The summed E-state index contributed by atoms with van der Waals surface area (Å²) in [5, 5.41) is 6.13. The van der Waals surface area contributed by atoms with Crippen LogP contribution >= 0.6 is 11.8 Å². The maximum absolute atomic E-state index is 11.3. The molecule has 0 aliphatic carbocycles. The van der Waals surface area contributed by atoms with E-state index >= 15 is 0 Å². The van der Waals surface area contributed by atoms with E-state index < -0.39 is 12.0 Å². The summed E-state index contributed by atoms with van der Waals surface area (Å²) in [4.78, 5) is 22.2. The normalized spacial score (nSPS) is 14.0. The number of rotatable bonds is 7. The number of hydrogen-bond donors (Lipinski definition) is 2. The van der Waals surface area contributed by atoms with Crippen molar-refractivity contribution in [3.63, 3.8) is 0 Å². The summed E-state index contributed by atoms with van der Waals surface area (Å²) >= 11 is 1.74. The van der Waals surface area contributed by atoms with Crippen LogP contribution in [0.4, 0.5) is 0 Å². The van der Waals surface area contributed by atoms with Gasteiger partial charge in [-0.25, -0.2) is 4.79 Å². The molecule has 0 aromatic carbocycles. The van der Waals surface area contributed by atoms with Gasteiger partial charge in [0.15, 0.2) is 0 Å². The van der Waals surface area contributed by atoms with E-state index in [9.17, 15) is 9.59 Å². The minimum atomic E-state index is -0.614. The molecule has 16 heavy (non-hydrogen) atoms. The SMILES string of the molecule is COC(=O)C(CNCC(C)SC)NC(C)=O. The number of carbonyl (C=O) groups excluding carboxylic acids is 2. The molecule has 0 radical (unpaired) electrons. The highest BCUT2D eigenvalue weighted by Crippen LogP contribution is 2.02. The Bertz CT molecular complexity index is 236. The maximum Gasteiger partial charge on any atom is 0.329 e. The van der Waals surface area contributed by atoms with Crippen LogP contribution in [0.2, 0.25) is 0 Å². The Morgan fingerprint density at radius 1 is 1.38 bits per heavy atom. The minimum Gasteiger partial charge on any atom is -0.467 e. The molecule has 0 aliphatic rings. The summed E-state index contributed by atoms with van der Waals surface area (Å²) in [6.45, 7) is 4.63. The number of methoxy groups -OCH3 is 1. The average Bonchev–Trinajstić information content (AvgIpc) is 2.25. The first-order chi connectivity index (χ1) is 7.51. The summed E-state index contributed by atoms with van der Waals surface area (Å²) in [7, 11) is 1.31. The lowest BCUT2D eigenvalue weighted by atomic mass is 10.3. The third-order valence-corrected chi connectivity index (χ3v) is 3.02. The zero-order valence-electron chi connectivity index (χ0n) is 10.2. The smallest absolute Gasteiger partial charge is 0.329 e. The molecular formula is C10H20N2O3S. The van der Waals surface area contributed by atoms with Crippen molar-refractivity contribution < 1.29 is 14.3 Å². The van der Waals surface area contributed by atoms with Crippen molar-refractivity contribution in [1.29, 1.82) is 0 Å². The summed E-state index contributed by atoms with van der Waals surface area (Å²) < 4.78 is 4.60. The van der Waals surface area contributed by atoms with Crippen LogP contribution in [0, 0.1) is 0 Å². The molecule has 0 bridgehead atoms. The Hall–Kier alpha value is -0.750. The Kier molecular flexibility index (Phi) is 8.01. The number of amides is 1. The molecule has 2 atom stereocenters. The number of esters is 1. The minimum absolute atomic E-state index is 0.241. The summed E-state index contributed by atoms with van der Waals surface area (Å²) in [5.41, 5.74) is 0. The first kappa shape index (κ1) is 15.2. The third kappa shape index (κ3) is 6.68. The summed E-state index contributed by atoms with van der Waals surface area (Å²) in [6, 6.07) is -0.614. The quantitative estimate of drug-likeness (QED) is 0.621. The molecule has 0 fully saturated rings. The topological polar surface area (TPSA) is 67.4 Å². The van der Waals surface area contributed by atoms with E-state index in [2.05, 4.69) is 22.3 Å². The Labute approximate surface area is 101 Å². The van der Waals surface area contributed by atoms with Crippen molar-refractivity contribution in [3.05, 3.63) is 0 Å². The summed E-state index contributed by atoms with van der Waals surface area (Å²) in [5.74, 6) is -0.672. The predicted octanol–water partition coefficient (Wildman–Crippen LogP) is 0.00520. The van der Waals surface area contributed by atoms with Crippen LogP contribution in [0.5, 0.6) is 0 Å². The Morgan fingerprint density at radius 3 is 2.44 bits per heavy atom. The van der Waals surface area contributed by atoms with Crippen LogP contribution < -0.4 is 10.6 Å². The van der Waals surface area contributed by atoms with Crippen molar-refractivity contribution in [3.8, 4) is 0 Å². The van der Waals surface area contributed by atoms with Crippen molar-refractivity contribution in [2.75, 3.05) is 26.5 Å². The zero-order chi connectivity index (χ0) is 12.6. The standard InChI is InChI=1S/C10H20N2O3S/c1-7(16-4)5-11-6-9(10(14)15-3)12-8(2)13/h7,9,11H,5-6H2,1-4H3,(H,12,13). The van der Waals surface area contributed by atoms with Gasteiger partial charge in [-0.3, -0.25) is 4.79 Å². The lowest BCUT2D eigenvalue weighted by Crippen LogP contribution is -2.47. The van der Waals surface area contributed by atoms with E-state index in [0.717, 1.165) is 6.54 Å². The molecule has 94 valence electrons. The fourth-order valence-corrected chi connectivity index (χ4v) is 1.38. The number of thioether (sulfide) groups is 1. The number of hydrogen-bond acceptors (Lipinski definition) is 5. The fourth-order valence-electron chi connectivity index (χ4n) is 1.10. The highest BCUT2D eigenvalue weighted by Gasteiger charge is 2.19. The van der Waals surface area contributed by atoms with Crippen LogP contribution in [0.15, 0.2) is 0 Å². The maximum atomic E-state index is 11.3. The van der Waals surface area contributed by atoms with Gasteiger partial charge >= 0.3 is 5.97 Å². The van der Waals surface area contributed by atoms with E-state index in [1.54, 1.807) is 11.8 Å². The molecule has 0 aliphatic heterocycles. The lowest BCUT2D eigenvalue weighted by Gasteiger charge is -2.17. The largest absolute Gasteiger partial charge is 0.467 e. The summed E-state index contributed by atoms with van der Waals surface area (Å²) in [6.07, 6.45) is 2.03. The average molecular weight is 248 g/mol. The van der Waals surface area contributed by atoms with E-state index in [4.69, 9.17) is 0 Å². The molecule has 0 saturated carbocycles. The highest BCUT2D eigenvalue weighted by atomic mass is 32.2. The Balaban J connectivity index is 4.01. The number of nitrogens with one attached hydrogen (secondary N) is 2. The highest BCUT2D eigenvalue weighted by molar-refractivity contribution is 7.99. The first-order valence-corrected chi connectivity index (χ1v) is 6.38. The molecule has 6 heteroatoms. The van der Waals surface area contributed by atoms with Crippen molar-refractivity contribution in [2.24, 2.45) is 0 Å². The van der Waals surface area contributed by atoms with E-state index in [0.29, 0.717) is 11.8 Å². The number of carbonyl (C=O) groups is 2. The fraction of sp³-hybridized carbons (Fsp3) is 0.800. The van der Waals surface area contributed by atoms with Gasteiger partial charge in [0.2, 0.25) is 5.91 Å². The van der Waals surface area contributed by atoms with Crippen molar-refractivity contribution >= 4 is 23.6 Å². The number of ether oxygens (including phenoxy) is 1. The van der Waals surface area contributed by atoms with Gasteiger partial charge in [-0.1, -0.05) is 6.92 Å². The zero-order valence-corrected chi connectivity index (χ0v) is 11.0. The van der Waals surface area contributed by atoms with Gasteiger partial charge in [0, 0.05) is 25.3 Å². The molecular weight excluding hydrogens is 228 g/mol. The molecule has 0 heterocycles. The second kappa shape index (κ2) is 8.41. The van der Waals surface area contributed by atoms with Crippen LogP contribution in [-0.4, -0.2) is 49.6 Å².